The minimum atomic E-state index is -1.05. The van der Waals surface area contributed by atoms with Gasteiger partial charge in [-0.3, -0.25) is 4.79 Å². The summed E-state index contributed by atoms with van der Waals surface area (Å²) in [5.74, 6) is -0.777. The molecule has 1 N–H and O–H groups in total. The number of carbonyl (C=O) groups is 2. The van der Waals surface area contributed by atoms with Crippen molar-refractivity contribution in [3.05, 3.63) is 18.5 Å². The molecule has 1 amide bonds. The summed E-state index contributed by atoms with van der Waals surface area (Å²) in [5.41, 5.74) is 0. The largest absolute Gasteiger partial charge is 0.479 e. The predicted molar refractivity (Wildman–Crippen MR) is 69.3 cm³/mol. The van der Waals surface area contributed by atoms with Crippen LogP contribution in [0.15, 0.2) is 18.5 Å². The highest BCUT2D eigenvalue weighted by Crippen LogP contribution is 2.08. The molecule has 2 rings (SSSR count). The van der Waals surface area contributed by atoms with E-state index in [1.807, 2.05) is 0 Å². The Labute approximate surface area is 116 Å². The van der Waals surface area contributed by atoms with Crippen molar-refractivity contribution in [1.29, 1.82) is 0 Å². The van der Waals surface area contributed by atoms with Crippen LogP contribution in [0.1, 0.15) is 0 Å². The van der Waals surface area contributed by atoms with Gasteiger partial charge < -0.3 is 19.6 Å². The predicted octanol–water partition coefficient (Wildman–Crippen LogP) is -0.775. The molecule has 108 valence electrons. The maximum atomic E-state index is 12.1. The molecule has 20 heavy (non-hydrogen) atoms. The molecule has 2 heterocycles. The normalized spacial score (nSPS) is 18.6. The first-order chi connectivity index (χ1) is 9.58. The molecule has 0 radical (unpaired) electrons. The second-order valence-electron chi connectivity index (χ2n) is 4.44. The van der Waals surface area contributed by atoms with Gasteiger partial charge >= 0.3 is 5.97 Å². The van der Waals surface area contributed by atoms with Gasteiger partial charge in [-0.2, -0.15) is 0 Å². The first-order valence-corrected chi connectivity index (χ1v) is 6.18. The van der Waals surface area contributed by atoms with Crippen LogP contribution in [-0.4, -0.2) is 71.2 Å². The number of hydrogen-bond donors (Lipinski definition) is 1. The number of amides is 1. The fourth-order valence-corrected chi connectivity index (χ4v) is 1.89. The van der Waals surface area contributed by atoms with E-state index < -0.39 is 12.1 Å². The van der Waals surface area contributed by atoms with Crippen LogP contribution in [0.3, 0.4) is 0 Å². The van der Waals surface area contributed by atoms with Gasteiger partial charge in [0.05, 0.1) is 19.7 Å². The molecule has 8 nitrogen and oxygen atoms in total. The zero-order chi connectivity index (χ0) is 14.5. The van der Waals surface area contributed by atoms with Crippen LogP contribution in [-0.2, 0) is 14.3 Å². The van der Waals surface area contributed by atoms with Crippen molar-refractivity contribution in [3.63, 3.8) is 0 Å². The van der Waals surface area contributed by atoms with Crippen LogP contribution in [0.5, 0.6) is 0 Å². The summed E-state index contributed by atoms with van der Waals surface area (Å²) in [6.45, 7) is 0.786. The van der Waals surface area contributed by atoms with E-state index in [-0.39, 0.29) is 25.6 Å². The maximum absolute atomic E-state index is 12.1. The lowest BCUT2D eigenvalue weighted by Crippen LogP contribution is -2.51. The van der Waals surface area contributed by atoms with Gasteiger partial charge in [0.25, 0.3) is 0 Å². The average Bonchev–Trinajstić information content (AvgIpc) is 2.48. The Hall–Kier alpha value is -2.22. The Kier molecular flexibility index (Phi) is 4.46. The molecule has 0 bridgehead atoms. The minimum absolute atomic E-state index is 0.0671. The van der Waals surface area contributed by atoms with E-state index in [2.05, 4.69) is 9.97 Å². The number of anilines is 1. The van der Waals surface area contributed by atoms with E-state index >= 15 is 0 Å². The van der Waals surface area contributed by atoms with Gasteiger partial charge in [0.1, 0.15) is 0 Å². The van der Waals surface area contributed by atoms with E-state index in [1.165, 1.54) is 4.90 Å². The van der Waals surface area contributed by atoms with Crippen LogP contribution in [0.4, 0.5) is 5.95 Å². The fourth-order valence-electron chi connectivity index (χ4n) is 1.89. The van der Waals surface area contributed by atoms with E-state index in [4.69, 9.17) is 9.84 Å². The first-order valence-electron chi connectivity index (χ1n) is 6.18. The van der Waals surface area contributed by atoms with Gasteiger partial charge in [0, 0.05) is 26.0 Å². The summed E-state index contributed by atoms with van der Waals surface area (Å²) in [7, 11) is 1.71. The van der Waals surface area contributed by atoms with Crippen molar-refractivity contribution >= 4 is 17.8 Å². The second kappa shape index (κ2) is 6.29. The third-order valence-corrected chi connectivity index (χ3v) is 2.96. The maximum Gasteiger partial charge on any atom is 0.334 e. The molecule has 0 saturated carbocycles. The van der Waals surface area contributed by atoms with Crippen molar-refractivity contribution in [2.75, 3.05) is 38.2 Å². The lowest BCUT2D eigenvalue weighted by atomic mass is 10.2. The second-order valence-corrected chi connectivity index (χ2v) is 4.44. The smallest absolute Gasteiger partial charge is 0.334 e. The highest BCUT2D eigenvalue weighted by molar-refractivity contribution is 5.82. The molecule has 8 heteroatoms. The Morgan fingerprint density at radius 2 is 2.20 bits per heavy atom. The number of carbonyl (C=O) groups excluding carboxylic acids is 1. The van der Waals surface area contributed by atoms with E-state index in [9.17, 15) is 9.59 Å². The Balaban J connectivity index is 1.93. The lowest BCUT2D eigenvalue weighted by Gasteiger charge is -2.32. The SMILES string of the molecule is CN(CC(=O)N1CCOC(C(=O)O)C1)c1ncccn1. The molecule has 1 aliphatic rings. The third kappa shape index (κ3) is 3.41. The molecular weight excluding hydrogens is 264 g/mol. The first kappa shape index (κ1) is 14.2. The van der Waals surface area contributed by atoms with Gasteiger partial charge in [0.2, 0.25) is 11.9 Å². The molecule has 1 aromatic rings. The number of hydrogen-bond acceptors (Lipinski definition) is 6. The van der Waals surface area contributed by atoms with Gasteiger partial charge in [-0.15, -0.1) is 0 Å². The number of likely N-dealkylation sites (N-methyl/N-ethyl adjacent to an activating group) is 1. The number of rotatable bonds is 4. The fraction of sp³-hybridized carbons (Fsp3) is 0.500. The summed E-state index contributed by atoms with van der Waals surface area (Å²) >= 11 is 0. The molecule has 0 aromatic carbocycles. The zero-order valence-electron chi connectivity index (χ0n) is 11.1. The highest BCUT2D eigenvalue weighted by atomic mass is 16.5. The average molecular weight is 280 g/mol. The monoisotopic (exact) mass is 280 g/mol. The quantitative estimate of drug-likeness (QED) is 0.773. The van der Waals surface area contributed by atoms with Gasteiger partial charge in [-0.1, -0.05) is 0 Å². The van der Waals surface area contributed by atoms with E-state index in [1.54, 1.807) is 30.4 Å². The topological polar surface area (TPSA) is 95.9 Å². The molecule has 1 atom stereocenters. The van der Waals surface area contributed by atoms with Crippen molar-refractivity contribution in [2.45, 2.75) is 6.10 Å². The molecule has 1 fully saturated rings. The number of morpholine rings is 1. The van der Waals surface area contributed by atoms with Crippen LogP contribution >= 0.6 is 0 Å². The summed E-state index contributed by atoms with van der Waals surface area (Å²) in [6.07, 6.45) is 2.24. The molecule has 1 aromatic heterocycles. The molecule has 1 aliphatic heterocycles. The third-order valence-electron chi connectivity index (χ3n) is 2.96. The Morgan fingerprint density at radius 3 is 2.85 bits per heavy atom. The van der Waals surface area contributed by atoms with Crippen LogP contribution in [0.2, 0.25) is 0 Å². The molecule has 1 saturated heterocycles. The Morgan fingerprint density at radius 1 is 1.50 bits per heavy atom. The van der Waals surface area contributed by atoms with Gasteiger partial charge in [-0.25, -0.2) is 14.8 Å². The minimum Gasteiger partial charge on any atom is -0.479 e. The summed E-state index contributed by atoms with van der Waals surface area (Å²) in [4.78, 5) is 34.2. The zero-order valence-corrected chi connectivity index (χ0v) is 11.1. The standard InChI is InChI=1S/C12H16N4O4/c1-15(12-13-3-2-4-14-12)8-10(17)16-5-6-20-9(7-16)11(18)19/h2-4,9H,5-8H2,1H3,(H,18,19). The van der Waals surface area contributed by atoms with Crippen LogP contribution < -0.4 is 4.90 Å². The van der Waals surface area contributed by atoms with Gasteiger partial charge in [-0.05, 0) is 6.07 Å². The summed E-state index contributed by atoms with van der Waals surface area (Å²) in [6, 6.07) is 1.69. The number of carboxylic acid groups (broad SMARTS) is 1. The molecule has 0 spiro atoms. The number of aliphatic carboxylic acids is 1. The number of aromatic nitrogens is 2. The lowest BCUT2D eigenvalue weighted by molar-refractivity contribution is -0.159. The summed E-state index contributed by atoms with van der Waals surface area (Å²) < 4.78 is 5.08. The molecular formula is C12H16N4O4. The molecule has 0 aliphatic carbocycles. The van der Waals surface area contributed by atoms with Crippen molar-refractivity contribution < 1.29 is 19.4 Å². The number of ether oxygens (including phenoxy) is 1. The summed E-state index contributed by atoms with van der Waals surface area (Å²) in [5, 5.41) is 8.90. The van der Waals surface area contributed by atoms with E-state index in [0.29, 0.717) is 12.5 Å². The van der Waals surface area contributed by atoms with Crippen LogP contribution in [0.25, 0.3) is 0 Å². The molecule has 1 unspecified atom stereocenters. The van der Waals surface area contributed by atoms with Crippen molar-refractivity contribution in [1.82, 2.24) is 14.9 Å². The van der Waals surface area contributed by atoms with Crippen molar-refractivity contribution in [2.24, 2.45) is 0 Å². The van der Waals surface area contributed by atoms with Crippen molar-refractivity contribution in [3.8, 4) is 0 Å². The van der Waals surface area contributed by atoms with Gasteiger partial charge in [0.15, 0.2) is 6.10 Å². The van der Waals surface area contributed by atoms with Crippen LogP contribution in [0, 0.1) is 0 Å². The number of carboxylic acids is 1. The van der Waals surface area contributed by atoms with E-state index in [0.717, 1.165) is 0 Å². The number of nitrogens with zero attached hydrogens (tertiary/aromatic N) is 4. The Bertz CT molecular complexity index is 482. The highest BCUT2D eigenvalue weighted by Gasteiger charge is 2.29.